The number of alkyl halides is 3. The third-order valence-electron chi connectivity index (χ3n) is 7.13. The van der Waals surface area contributed by atoms with Crippen LogP contribution in [0.25, 0.3) is 0 Å². The summed E-state index contributed by atoms with van der Waals surface area (Å²) in [5.74, 6) is -2.18. The van der Waals surface area contributed by atoms with E-state index >= 15 is 0 Å². The van der Waals surface area contributed by atoms with Gasteiger partial charge in [0.1, 0.15) is 0 Å². The van der Waals surface area contributed by atoms with Crippen molar-refractivity contribution in [2.24, 2.45) is 0 Å². The Labute approximate surface area is 239 Å². The largest absolute Gasteiger partial charge is 0.490 e. The molecule has 41 heavy (non-hydrogen) atoms. The van der Waals surface area contributed by atoms with Gasteiger partial charge in [-0.2, -0.15) is 13.2 Å². The zero-order valence-electron chi connectivity index (χ0n) is 22.0. The van der Waals surface area contributed by atoms with Gasteiger partial charge in [0.05, 0.1) is 25.8 Å². The molecule has 0 unspecified atom stereocenters. The Kier molecular flexibility index (Phi) is 9.99. The number of hydrogen-bond donors (Lipinski definition) is 2. The Morgan fingerprint density at radius 2 is 1.76 bits per heavy atom. The highest BCUT2D eigenvalue weighted by molar-refractivity contribution is 6.30. The van der Waals surface area contributed by atoms with E-state index in [4.69, 9.17) is 26.2 Å². The molecule has 4 heterocycles. The highest BCUT2D eigenvalue weighted by Crippen LogP contribution is 2.27. The van der Waals surface area contributed by atoms with Crippen LogP contribution < -0.4 is 10.2 Å². The molecule has 0 spiro atoms. The number of aromatic nitrogens is 2. The summed E-state index contributed by atoms with van der Waals surface area (Å²) in [4.78, 5) is 47.9. The van der Waals surface area contributed by atoms with E-state index in [9.17, 15) is 22.8 Å². The maximum atomic E-state index is 12.1. The molecule has 2 aromatic rings. The fraction of sp³-hybridized carbons (Fsp3) is 0.500. The first-order chi connectivity index (χ1) is 19.5. The van der Waals surface area contributed by atoms with Crippen LogP contribution in [0.3, 0.4) is 0 Å². The van der Waals surface area contributed by atoms with E-state index in [1.165, 1.54) is 10.5 Å². The van der Waals surface area contributed by atoms with Gasteiger partial charge in [-0.1, -0.05) is 23.7 Å². The molecule has 1 aromatic carbocycles. The molecule has 0 radical (unpaired) electrons. The van der Waals surface area contributed by atoms with Gasteiger partial charge in [0.25, 0.3) is 0 Å². The zero-order chi connectivity index (χ0) is 29.6. The van der Waals surface area contributed by atoms with Gasteiger partial charge >= 0.3 is 18.2 Å². The second-order valence-corrected chi connectivity index (χ2v) is 10.3. The fourth-order valence-corrected chi connectivity index (χ4v) is 5.23. The second kappa shape index (κ2) is 13.4. The SMILES string of the molecule is O=C(O)C(F)(F)F.O=C1CNC(=O)N1C[C@H]1CN(C2CCN(c3ncccn3)CC2)[C@@H](Cc2ccc(Cl)cc2)CO1. The summed E-state index contributed by atoms with van der Waals surface area (Å²) in [6.07, 6.45) is 1.10. The lowest BCUT2D eigenvalue weighted by Crippen LogP contribution is -2.59. The van der Waals surface area contributed by atoms with Crippen molar-refractivity contribution in [3.05, 3.63) is 53.3 Å². The van der Waals surface area contributed by atoms with E-state index < -0.39 is 12.1 Å². The molecule has 3 saturated heterocycles. The molecule has 0 aliphatic carbocycles. The van der Waals surface area contributed by atoms with E-state index in [1.807, 2.05) is 18.2 Å². The Morgan fingerprint density at radius 3 is 2.32 bits per heavy atom. The number of rotatable bonds is 6. The van der Waals surface area contributed by atoms with Gasteiger partial charge in [-0.25, -0.2) is 19.6 Å². The quantitative estimate of drug-likeness (QED) is 0.482. The lowest BCUT2D eigenvalue weighted by molar-refractivity contribution is -0.192. The number of benzene rings is 1. The Balaban J connectivity index is 0.000000493. The van der Waals surface area contributed by atoms with Crippen molar-refractivity contribution in [2.75, 3.05) is 44.2 Å². The summed E-state index contributed by atoms with van der Waals surface area (Å²) in [6, 6.07) is 10.1. The number of halogens is 4. The average Bonchev–Trinajstić information content (AvgIpc) is 3.27. The van der Waals surface area contributed by atoms with Crippen molar-refractivity contribution >= 4 is 35.5 Å². The molecule has 3 aliphatic rings. The molecule has 0 bridgehead atoms. The number of urea groups is 1. The third kappa shape index (κ3) is 8.27. The van der Waals surface area contributed by atoms with Gasteiger partial charge in [-0.15, -0.1) is 0 Å². The van der Waals surface area contributed by atoms with Crippen LogP contribution in [0.5, 0.6) is 0 Å². The smallest absolute Gasteiger partial charge is 0.475 e. The lowest BCUT2D eigenvalue weighted by atomic mass is 9.96. The van der Waals surface area contributed by atoms with Crippen LogP contribution in [0, 0.1) is 0 Å². The molecule has 5 rings (SSSR count). The van der Waals surface area contributed by atoms with Crippen LogP contribution in [-0.4, -0.2) is 106 Å². The molecular weight excluding hydrogens is 569 g/mol. The first-order valence-electron chi connectivity index (χ1n) is 13.0. The number of piperidine rings is 1. The molecule has 0 saturated carbocycles. The standard InChI is InChI=1S/C24H29ClN6O3.C2HF3O2/c25-18-4-2-17(3-5-18)12-20-16-34-21(15-31-22(32)13-28-24(31)33)14-30(20)19-6-10-29(11-7-19)23-26-8-1-9-27-23;3-2(4,5)1(6)7/h1-5,8-9,19-21H,6-7,10-16H2,(H,28,33);(H,6,7)/t20-,21+;/m0./s1. The summed E-state index contributed by atoms with van der Waals surface area (Å²) in [5, 5.41) is 10.4. The Hall–Kier alpha value is -3.49. The Bertz CT molecular complexity index is 1180. The molecule has 3 aliphatic heterocycles. The topological polar surface area (TPSA) is 128 Å². The average molecular weight is 599 g/mol. The van der Waals surface area contributed by atoms with Gasteiger partial charge in [0.2, 0.25) is 11.9 Å². The van der Waals surface area contributed by atoms with E-state index in [2.05, 4.69) is 37.2 Å². The highest BCUT2D eigenvalue weighted by Gasteiger charge is 2.39. The lowest BCUT2D eigenvalue weighted by Gasteiger charge is -2.47. The minimum atomic E-state index is -5.08. The summed E-state index contributed by atoms with van der Waals surface area (Å²) >= 11 is 6.08. The Morgan fingerprint density at radius 1 is 1.12 bits per heavy atom. The molecule has 2 N–H and O–H groups in total. The molecule has 1 aromatic heterocycles. The molecule has 11 nitrogen and oxygen atoms in total. The molecule has 2 atom stereocenters. The van der Waals surface area contributed by atoms with Crippen LogP contribution in [0.15, 0.2) is 42.7 Å². The summed E-state index contributed by atoms with van der Waals surface area (Å²) < 4.78 is 37.9. The maximum Gasteiger partial charge on any atom is 0.490 e. The van der Waals surface area contributed by atoms with Crippen molar-refractivity contribution < 1.29 is 37.4 Å². The number of carboxylic acid groups (broad SMARTS) is 1. The number of hydrogen-bond acceptors (Lipinski definition) is 8. The van der Waals surface area contributed by atoms with Gasteiger partial charge in [0, 0.05) is 49.1 Å². The second-order valence-electron chi connectivity index (χ2n) is 9.87. The first-order valence-corrected chi connectivity index (χ1v) is 13.4. The number of anilines is 1. The van der Waals surface area contributed by atoms with Crippen molar-refractivity contribution in [3.63, 3.8) is 0 Å². The summed E-state index contributed by atoms with van der Waals surface area (Å²) in [7, 11) is 0. The number of nitrogens with one attached hydrogen (secondary N) is 1. The van der Waals surface area contributed by atoms with Crippen LogP contribution in [-0.2, 0) is 20.7 Å². The minimum Gasteiger partial charge on any atom is -0.475 e. The number of imide groups is 1. The number of nitrogens with zero attached hydrogens (tertiary/aromatic N) is 5. The van der Waals surface area contributed by atoms with Crippen LogP contribution in [0.4, 0.5) is 23.9 Å². The van der Waals surface area contributed by atoms with E-state index in [0.717, 1.165) is 43.3 Å². The number of ether oxygens (including phenoxy) is 1. The van der Waals surface area contributed by atoms with E-state index in [1.54, 1.807) is 12.4 Å². The van der Waals surface area contributed by atoms with Gasteiger partial charge in [0.15, 0.2) is 0 Å². The minimum absolute atomic E-state index is 0.0640. The fourth-order valence-electron chi connectivity index (χ4n) is 5.10. The molecule has 15 heteroatoms. The van der Waals surface area contributed by atoms with Crippen molar-refractivity contribution in [1.29, 1.82) is 0 Å². The number of aliphatic carboxylic acids is 1. The predicted molar refractivity (Wildman–Crippen MR) is 141 cm³/mol. The number of carbonyl (C=O) groups excluding carboxylic acids is 2. The van der Waals surface area contributed by atoms with Crippen molar-refractivity contribution in [3.8, 4) is 0 Å². The zero-order valence-corrected chi connectivity index (χ0v) is 22.7. The number of morpholine rings is 1. The molecular formula is C26H30ClF3N6O5. The van der Waals surface area contributed by atoms with Crippen LogP contribution in [0.1, 0.15) is 18.4 Å². The van der Waals surface area contributed by atoms with Gasteiger partial charge < -0.3 is 20.1 Å². The highest BCUT2D eigenvalue weighted by atomic mass is 35.5. The van der Waals surface area contributed by atoms with Gasteiger partial charge in [-0.05, 0) is 43.0 Å². The van der Waals surface area contributed by atoms with Crippen LogP contribution >= 0.6 is 11.6 Å². The van der Waals surface area contributed by atoms with Crippen molar-refractivity contribution in [2.45, 2.75) is 43.6 Å². The summed E-state index contributed by atoms with van der Waals surface area (Å²) in [6.45, 7) is 3.36. The molecule has 3 amide bonds. The normalized spacial score (nSPS) is 22.2. The van der Waals surface area contributed by atoms with E-state index in [-0.39, 0.29) is 37.2 Å². The monoisotopic (exact) mass is 598 g/mol. The number of amides is 3. The van der Waals surface area contributed by atoms with Gasteiger partial charge in [-0.3, -0.25) is 14.6 Å². The van der Waals surface area contributed by atoms with E-state index in [0.29, 0.717) is 19.2 Å². The molecule has 3 fully saturated rings. The third-order valence-corrected chi connectivity index (χ3v) is 7.38. The molecule has 222 valence electrons. The summed E-state index contributed by atoms with van der Waals surface area (Å²) in [5.41, 5.74) is 1.21. The number of carboxylic acids is 1. The number of carbonyl (C=O) groups is 3. The van der Waals surface area contributed by atoms with Crippen LogP contribution in [0.2, 0.25) is 5.02 Å². The first kappa shape index (κ1) is 30.5. The predicted octanol–water partition coefficient (Wildman–Crippen LogP) is 2.60. The van der Waals surface area contributed by atoms with Crippen molar-refractivity contribution in [1.82, 2.24) is 25.1 Å². The maximum absolute atomic E-state index is 12.1.